The number of rotatable bonds is 1. The van der Waals surface area contributed by atoms with Gasteiger partial charge in [-0.3, -0.25) is 0 Å². The SMILES string of the molecule is Cl.O=C(O)c1cccc2[nH]ccc12. The quantitative estimate of drug-likeness (QED) is 0.737. The molecule has 2 aromatic rings. The van der Waals surface area contributed by atoms with Crippen molar-refractivity contribution in [2.24, 2.45) is 0 Å². The highest BCUT2D eigenvalue weighted by atomic mass is 35.5. The van der Waals surface area contributed by atoms with Crippen LogP contribution in [0.5, 0.6) is 0 Å². The molecule has 2 N–H and O–H groups in total. The average Bonchev–Trinajstić information content (AvgIpc) is 2.49. The van der Waals surface area contributed by atoms with Gasteiger partial charge in [0.15, 0.2) is 0 Å². The minimum Gasteiger partial charge on any atom is -0.478 e. The Hall–Kier alpha value is -1.48. The van der Waals surface area contributed by atoms with Crippen LogP contribution < -0.4 is 0 Å². The summed E-state index contributed by atoms with van der Waals surface area (Å²) in [6, 6.07) is 6.93. The molecule has 1 aromatic heterocycles. The lowest BCUT2D eigenvalue weighted by atomic mass is 10.1. The van der Waals surface area contributed by atoms with Crippen molar-refractivity contribution in [3.05, 3.63) is 36.0 Å². The first kappa shape index (κ1) is 9.61. The highest BCUT2D eigenvalue weighted by Crippen LogP contribution is 2.16. The Balaban J connectivity index is 0.000000845. The maximum atomic E-state index is 10.7. The van der Waals surface area contributed by atoms with Crippen molar-refractivity contribution in [2.75, 3.05) is 0 Å². The molecule has 2 rings (SSSR count). The van der Waals surface area contributed by atoms with Crippen LogP contribution in [0.25, 0.3) is 10.9 Å². The van der Waals surface area contributed by atoms with E-state index in [1.807, 2.05) is 6.07 Å². The first-order valence-electron chi connectivity index (χ1n) is 3.58. The highest BCUT2D eigenvalue weighted by molar-refractivity contribution is 6.02. The predicted octanol–water partition coefficient (Wildman–Crippen LogP) is 2.29. The van der Waals surface area contributed by atoms with Crippen LogP contribution in [-0.2, 0) is 0 Å². The Bertz CT molecular complexity index is 436. The van der Waals surface area contributed by atoms with Gasteiger partial charge in [0.25, 0.3) is 0 Å². The summed E-state index contributed by atoms with van der Waals surface area (Å²) in [6.45, 7) is 0. The van der Waals surface area contributed by atoms with Crippen LogP contribution in [0.15, 0.2) is 30.5 Å². The molecule has 0 radical (unpaired) electrons. The second-order valence-corrected chi connectivity index (χ2v) is 2.55. The van der Waals surface area contributed by atoms with Crippen LogP contribution in [0.3, 0.4) is 0 Å². The Labute approximate surface area is 80.8 Å². The van der Waals surface area contributed by atoms with Crippen molar-refractivity contribution in [1.82, 2.24) is 4.98 Å². The summed E-state index contributed by atoms with van der Waals surface area (Å²) >= 11 is 0. The third-order valence-electron chi connectivity index (χ3n) is 1.83. The zero-order valence-electron chi connectivity index (χ0n) is 6.65. The summed E-state index contributed by atoms with van der Waals surface area (Å²) in [6.07, 6.45) is 1.73. The van der Waals surface area contributed by atoms with E-state index < -0.39 is 5.97 Å². The number of carboxylic acids is 1. The Morgan fingerprint density at radius 2 is 2.08 bits per heavy atom. The average molecular weight is 198 g/mol. The van der Waals surface area contributed by atoms with Gasteiger partial charge in [0.05, 0.1) is 5.56 Å². The van der Waals surface area contributed by atoms with Gasteiger partial charge < -0.3 is 10.1 Å². The Morgan fingerprint density at radius 1 is 1.31 bits per heavy atom. The fraction of sp³-hybridized carbons (Fsp3) is 0. The van der Waals surface area contributed by atoms with E-state index in [4.69, 9.17) is 5.11 Å². The van der Waals surface area contributed by atoms with Gasteiger partial charge >= 0.3 is 5.97 Å². The third-order valence-corrected chi connectivity index (χ3v) is 1.83. The molecule has 68 valence electrons. The zero-order valence-corrected chi connectivity index (χ0v) is 7.47. The van der Waals surface area contributed by atoms with E-state index in [-0.39, 0.29) is 12.4 Å². The summed E-state index contributed by atoms with van der Waals surface area (Å²) in [5.41, 5.74) is 1.20. The third kappa shape index (κ3) is 1.51. The summed E-state index contributed by atoms with van der Waals surface area (Å²) in [5, 5.41) is 9.54. The minimum atomic E-state index is -0.889. The maximum Gasteiger partial charge on any atom is 0.336 e. The molecule has 4 heteroatoms. The normalized spacial score (nSPS) is 9.54. The number of hydrogen-bond donors (Lipinski definition) is 2. The number of benzene rings is 1. The highest BCUT2D eigenvalue weighted by Gasteiger charge is 2.06. The molecule has 3 nitrogen and oxygen atoms in total. The minimum absolute atomic E-state index is 0. The number of aromatic carboxylic acids is 1. The smallest absolute Gasteiger partial charge is 0.336 e. The summed E-state index contributed by atoms with van der Waals surface area (Å²) < 4.78 is 0. The summed E-state index contributed by atoms with van der Waals surface area (Å²) in [4.78, 5) is 13.7. The van der Waals surface area contributed by atoms with E-state index in [0.717, 1.165) is 10.9 Å². The van der Waals surface area contributed by atoms with Gasteiger partial charge in [-0.05, 0) is 18.2 Å². The zero-order chi connectivity index (χ0) is 8.55. The van der Waals surface area contributed by atoms with Gasteiger partial charge in [-0.15, -0.1) is 12.4 Å². The molecular formula is C9H8ClNO2. The van der Waals surface area contributed by atoms with Crippen LogP contribution in [0.1, 0.15) is 10.4 Å². The van der Waals surface area contributed by atoms with Crippen LogP contribution in [0.2, 0.25) is 0 Å². The standard InChI is InChI=1S/C9H7NO2.ClH/c11-9(12)7-2-1-3-8-6(7)4-5-10-8;/h1-5,10H,(H,11,12);1H. The number of aromatic nitrogens is 1. The molecule has 0 amide bonds. The molecule has 13 heavy (non-hydrogen) atoms. The number of H-pyrrole nitrogens is 1. The van der Waals surface area contributed by atoms with E-state index in [9.17, 15) is 4.79 Å². The molecule has 0 saturated heterocycles. The lowest BCUT2D eigenvalue weighted by Crippen LogP contribution is -1.95. The second kappa shape index (κ2) is 3.49. The number of hydrogen-bond acceptors (Lipinski definition) is 1. The molecule has 0 aliphatic carbocycles. The van der Waals surface area contributed by atoms with E-state index in [2.05, 4.69) is 4.98 Å². The lowest BCUT2D eigenvalue weighted by molar-refractivity contribution is 0.0699. The maximum absolute atomic E-state index is 10.7. The molecule has 0 spiro atoms. The monoisotopic (exact) mass is 197 g/mol. The topological polar surface area (TPSA) is 53.1 Å². The van der Waals surface area contributed by atoms with Crippen molar-refractivity contribution in [1.29, 1.82) is 0 Å². The molecular weight excluding hydrogens is 190 g/mol. The number of fused-ring (bicyclic) bond motifs is 1. The first-order valence-corrected chi connectivity index (χ1v) is 3.58. The van der Waals surface area contributed by atoms with Crippen LogP contribution in [-0.4, -0.2) is 16.1 Å². The molecule has 0 atom stereocenters. The molecule has 1 heterocycles. The Morgan fingerprint density at radius 3 is 2.77 bits per heavy atom. The van der Waals surface area contributed by atoms with Gasteiger partial charge in [-0.1, -0.05) is 6.07 Å². The molecule has 0 aliphatic heterocycles. The number of aromatic amines is 1. The van der Waals surface area contributed by atoms with Crippen molar-refractivity contribution >= 4 is 29.3 Å². The molecule has 0 unspecified atom stereocenters. The molecule has 0 aliphatic rings. The summed E-state index contributed by atoms with van der Waals surface area (Å²) in [5.74, 6) is -0.889. The van der Waals surface area contributed by atoms with Gasteiger partial charge in [-0.25, -0.2) is 4.79 Å². The summed E-state index contributed by atoms with van der Waals surface area (Å²) in [7, 11) is 0. The predicted molar refractivity (Wildman–Crippen MR) is 52.5 cm³/mol. The lowest BCUT2D eigenvalue weighted by Gasteiger charge is -1.94. The van der Waals surface area contributed by atoms with Crippen molar-refractivity contribution in [3.8, 4) is 0 Å². The molecule has 1 aromatic carbocycles. The first-order chi connectivity index (χ1) is 5.79. The van der Waals surface area contributed by atoms with Gasteiger partial charge in [0, 0.05) is 17.1 Å². The fourth-order valence-corrected chi connectivity index (χ4v) is 1.27. The van der Waals surface area contributed by atoms with Crippen LogP contribution >= 0.6 is 12.4 Å². The van der Waals surface area contributed by atoms with Crippen molar-refractivity contribution in [3.63, 3.8) is 0 Å². The van der Waals surface area contributed by atoms with E-state index in [1.165, 1.54) is 0 Å². The molecule has 0 bridgehead atoms. The molecule has 0 saturated carbocycles. The second-order valence-electron chi connectivity index (χ2n) is 2.55. The van der Waals surface area contributed by atoms with Gasteiger partial charge in [0.1, 0.15) is 0 Å². The molecule has 0 fully saturated rings. The number of halogens is 1. The Kier molecular flexibility index (Phi) is 2.58. The van der Waals surface area contributed by atoms with Crippen molar-refractivity contribution < 1.29 is 9.90 Å². The van der Waals surface area contributed by atoms with E-state index in [0.29, 0.717) is 5.56 Å². The number of nitrogens with one attached hydrogen (secondary N) is 1. The number of carbonyl (C=O) groups is 1. The van der Waals surface area contributed by atoms with Crippen LogP contribution in [0, 0.1) is 0 Å². The van der Waals surface area contributed by atoms with E-state index >= 15 is 0 Å². The van der Waals surface area contributed by atoms with Crippen molar-refractivity contribution in [2.45, 2.75) is 0 Å². The number of carboxylic acid groups (broad SMARTS) is 1. The van der Waals surface area contributed by atoms with E-state index in [1.54, 1.807) is 24.4 Å². The van der Waals surface area contributed by atoms with Gasteiger partial charge in [0.2, 0.25) is 0 Å². The largest absolute Gasteiger partial charge is 0.478 e. The fourth-order valence-electron chi connectivity index (χ4n) is 1.27. The van der Waals surface area contributed by atoms with Crippen LogP contribution in [0.4, 0.5) is 0 Å². The van der Waals surface area contributed by atoms with Gasteiger partial charge in [-0.2, -0.15) is 0 Å².